The lowest BCUT2D eigenvalue weighted by Crippen LogP contribution is -2.25. The summed E-state index contributed by atoms with van der Waals surface area (Å²) in [5, 5.41) is 0.511. The third-order valence-corrected chi connectivity index (χ3v) is 6.82. The number of para-hydroxylation sites is 3. The van der Waals surface area contributed by atoms with Crippen LogP contribution in [0.2, 0.25) is 0 Å². The highest BCUT2D eigenvalue weighted by molar-refractivity contribution is 6.05. The predicted octanol–water partition coefficient (Wildman–Crippen LogP) is 6.83. The molecule has 3 aromatic heterocycles. The van der Waals surface area contributed by atoms with Gasteiger partial charge in [-0.2, -0.15) is 0 Å². The Morgan fingerprint density at radius 1 is 0.737 bits per heavy atom. The molecule has 0 bridgehead atoms. The zero-order valence-electron chi connectivity index (χ0n) is 21.6. The molecule has 190 valence electrons. The highest BCUT2D eigenvalue weighted by Crippen LogP contribution is 2.30. The summed E-state index contributed by atoms with van der Waals surface area (Å²) in [5.74, 6) is 2.27. The maximum Gasteiger partial charge on any atom is 0.265 e. The molecule has 0 saturated heterocycles. The monoisotopic (exact) mass is 503 g/mol. The van der Waals surface area contributed by atoms with Gasteiger partial charge in [0.2, 0.25) is 0 Å². The van der Waals surface area contributed by atoms with Crippen molar-refractivity contribution in [3.63, 3.8) is 0 Å². The van der Waals surface area contributed by atoms with Gasteiger partial charge < -0.3 is 4.74 Å². The van der Waals surface area contributed by atoms with E-state index in [0.717, 1.165) is 53.3 Å². The highest BCUT2D eigenvalue weighted by atomic mass is 16.5. The molecule has 6 aromatic rings. The van der Waals surface area contributed by atoms with Gasteiger partial charge in [0, 0.05) is 18.7 Å². The highest BCUT2D eigenvalue weighted by Gasteiger charge is 2.22. The maximum absolute atomic E-state index is 14.0. The van der Waals surface area contributed by atoms with Gasteiger partial charge in [0.05, 0.1) is 11.0 Å². The number of ether oxygens (including phenoxy) is 1. The van der Waals surface area contributed by atoms with Crippen molar-refractivity contribution in [2.24, 2.45) is 0 Å². The Kier molecular flexibility index (Phi) is 6.33. The molecule has 0 saturated carbocycles. The van der Waals surface area contributed by atoms with Crippen LogP contribution in [0.3, 0.4) is 0 Å². The third kappa shape index (κ3) is 4.20. The molecule has 0 amide bonds. The molecule has 0 aliphatic carbocycles. The van der Waals surface area contributed by atoms with Crippen LogP contribution in [0, 0.1) is 0 Å². The van der Waals surface area contributed by atoms with Crippen molar-refractivity contribution in [2.45, 2.75) is 46.1 Å². The van der Waals surface area contributed by atoms with Crippen LogP contribution in [0.4, 0.5) is 0 Å². The van der Waals surface area contributed by atoms with Gasteiger partial charge >= 0.3 is 0 Å². The van der Waals surface area contributed by atoms with E-state index in [1.807, 2.05) is 94.9 Å². The fourth-order valence-electron chi connectivity index (χ4n) is 4.92. The van der Waals surface area contributed by atoms with E-state index in [9.17, 15) is 4.79 Å². The van der Waals surface area contributed by atoms with Gasteiger partial charge in [-0.25, -0.2) is 15.0 Å². The lowest BCUT2D eigenvalue weighted by Gasteiger charge is -2.12. The molecule has 38 heavy (non-hydrogen) atoms. The lowest BCUT2D eigenvalue weighted by molar-refractivity contribution is 0.482. The first-order valence-electron chi connectivity index (χ1n) is 13.2. The number of aryl methyl sites for hydroxylation is 1. The van der Waals surface area contributed by atoms with Gasteiger partial charge in [-0.3, -0.25) is 13.9 Å². The van der Waals surface area contributed by atoms with Crippen LogP contribution in [-0.2, 0) is 13.0 Å². The van der Waals surface area contributed by atoms with Gasteiger partial charge in [-0.1, -0.05) is 57.0 Å². The number of unbranched alkanes of at least 4 members (excludes halogenated alkanes) is 2. The van der Waals surface area contributed by atoms with Gasteiger partial charge in [0.15, 0.2) is 11.3 Å². The van der Waals surface area contributed by atoms with Crippen molar-refractivity contribution in [2.75, 3.05) is 0 Å². The zero-order valence-corrected chi connectivity index (χ0v) is 21.6. The van der Waals surface area contributed by atoms with E-state index in [1.165, 1.54) is 0 Å². The number of nitrogens with zero attached hydrogens (tertiary/aromatic N) is 5. The first-order chi connectivity index (χ1) is 18.7. The Morgan fingerprint density at radius 2 is 1.42 bits per heavy atom. The van der Waals surface area contributed by atoms with E-state index in [0.29, 0.717) is 35.2 Å². The van der Waals surface area contributed by atoms with E-state index < -0.39 is 0 Å². The average Bonchev–Trinajstić information content (AvgIpc) is 3.27. The smallest absolute Gasteiger partial charge is 0.265 e. The third-order valence-electron chi connectivity index (χ3n) is 6.82. The molecule has 0 radical (unpaired) electrons. The molecule has 0 aliphatic heterocycles. The minimum atomic E-state index is -0.0553. The average molecular weight is 504 g/mol. The van der Waals surface area contributed by atoms with Crippen LogP contribution in [0.5, 0.6) is 11.5 Å². The largest absolute Gasteiger partial charge is 0.457 e. The van der Waals surface area contributed by atoms with Crippen LogP contribution in [0.25, 0.3) is 38.9 Å². The molecule has 0 spiro atoms. The second-order valence-electron chi connectivity index (χ2n) is 9.37. The SMILES string of the molecule is CCCCCn1c(CC)nc2c(c1=O)c1nc3ccccc3nc1n2-c1ccc(Oc2ccccc2)cc1. The summed E-state index contributed by atoms with van der Waals surface area (Å²) in [6.07, 6.45) is 3.75. The molecular weight excluding hydrogens is 474 g/mol. The zero-order chi connectivity index (χ0) is 26.1. The Morgan fingerprint density at radius 3 is 2.13 bits per heavy atom. The van der Waals surface area contributed by atoms with E-state index in [1.54, 1.807) is 0 Å². The summed E-state index contributed by atoms with van der Waals surface area (Å²) in [6.45, 7) is 4.85. The van der Waals surface area contributed by atoms with Crippen molar-refractivity contribution < 1.29 is 4.74 Å². The van der Waals surface area contributed by atoms with Crippen molar-refractivity contribution >= 4 is 33.2 Å². The molecule has 3 heterocycles. The second kappa shape index (κ2) is 10.1. The van der Waals surface area contributed by atoms with Crippen molar-refractivity contribution in [3.8, 4) is 17.2 Å². The second-order valence-corrected chi connectivity index (χ2v) is 9.37. The van der Waals surface area contributed by atoms with Gasteiger partial charge in [-0.05, 0) is 55.0 Å². The van der Waals surface area contributed by atoms with Gasteiger partial charge in [-0.15, -0.1) is 0 Å². The lowest BCUT2D eigenvalue weighted by atomic mass is 10.2. The summed E-state index contributed by atoms with van der Waals surface area (Å²) >= 11 is 0. The molecule has 7 nitrogen and oxygen atoms in total. The molecule has 7 heteroatoms. The molecule has 6 rings (SSSR count). The minimum Gasteiger partial charge on any atom is -0.457 e. The molecule has 0 atom stereocenters. The number of benzene rings is 3. The molecular formula is C31H29N5O2. The number of fused-ring (bicyclic) bond motifs is 4. The minimum absolute atomic E-state index is 0.0553. The van der Waals surface area contributed by atoms with E-state index in [-0.39, 0.29) is 5.56 Å². The van der Waals surface area contributed by atoms with Crippen molar-refractivity contribution in [1.29, 1.82) is 0 Å². The Balaban J connectivity index is 1.58. The fourth-order valence-corrected chi connectivity index (χ4v) is 4.92. The normalized spacial score (nSPS) is 11.5. The summed E-state index contributed by atoms with van der Waals surface area (Å²) < 4.78 is 9.78. The van der Waals surface area contributed by atoms with E-state index >= 15 is 0 Å². The van der Waals surface area contributed by atoms with E-state index in [4.69, 9.17) is 19.7 Å². The number of rotatable bonds is 8. The van der Waals surface area contributed by atoms with Crippen LogP contribution in [0.1, 0.15) is 38.9 Å². The quantitative estimate of drug-likeness (QED) is 0.213. The molecule has 0 fully saturated rings. The van der Waals surface area contributed by atoms with Crippen LogP contribution < -0.4 is 10.3 Å². The summed E-state index contributed by atoms with van der Waals surface area (Å²) in [6, 6.07) is 25.2. The molecule has 0 N–H and O–H groups in total. The Hall–Kier alpha value is -4.52. The summed E-state index contributed by atoms with van der Waals surface area (Å²) in [4.78, 5) is 28.9. The van der Waals surface area contributed by atoms with Crippen LogP contribution in [-0.4, -0.2) is 24.1 Å². The predicted molar refractivity (Wildman–Crippen MR) is 151 cm³/mol. The number of aromatic nitrogens is 5. The first kappa shape index (κ1) is 23.9. The molecule has 0 aliphatic rings. The number of hydrogen-bond donors (Lipinski definition) is 0. The van der Waals surface area contributed by atoms with Crippen molar-refractivity contribution in [1.82, 2.24) is 24.1 Å². The van der Waals surface area contributed by atoms with Gasteiger partial charge in [0.25, 0.3) is 5.56 Å². The van der Waals surface area contributed by atoms with E-state index in [2.05, 4.69) is 6.92 Å². The summed E-state index contributed by atoms with van der Waals surface area (Å²) in [5.41, 5.74) is 4.09. The van der Waals surface area contributed by atoms with Crippen LogP contribution >= 0.6 is 0 Å². The standard InChI is InChI=1S/C31H29N5O2/c1-3-5-11-20-35-26(4-2)34-29-27(31(35)37)28-30(33-25-15-10-9-14-24(25)32-28)36(29)21-16-18-23(19-17-21)38-22-12-7-6-8-13-22/h6-10,12-19H,3-5,11,20H2,1-2H3. The first-order valence-corrected chi connectivity index (χ1v) is 13.2. The topological polar surface area (TPSA) is 74.8 Å². The van der Waals surface area contributed by atoms with Crippen molar-refractivity contribution in [3.05, 3.63) is 95.0 Å². The summed E-state index contributed by atoms with van der Waals surface area (Å²) in [7, 11) is 0. The van der Waals surface area contributed by atoms with Crippen LogP contribution in [0.15, 0.2) is 83.7 Å². The fraction of sp³-hybridized carbons (Fsp3) is 0.226. The molecule has 0 unspecified atom stereocenters. The number of hydrogen-bond acceptors (Lipinski definition) is 5. The molecule has 3 aromatic carbocycles. The Labute approximate surface area is 220 Å². The Bertz CT molecular complexity index is 1800. The van der Waals surface area contributed by atoms with Gasteiger partial charge in [0.1, 0.15) is 28.2 Å². The maximum atomic E-state index is 14.0.